The van der Waals surface area contributed by atoms with Gasteiger partial charge in [-0.15, -0.1) is 0 Å². The van der Waals surface area contributed by atoms with Crippen LogP contribution in [0.25, 0.3) is 0 Å². The van der Waals surface area contributed by atoms with Gasteiger partial charge >= 0.3 is 0 Å². The lowest BCUT2D eigenvalue weighted by Gasteiger charge is -2.14. The van der Waals surface area contributed by atoms with Gasteiger partial charge in [-0.1, -0.05) is 6.92 Å². The first-order valence-corrected chi connectivity index (χ1v) is 4.06. The molecule has 0 spiro atoms. The van der Waals surface area contributed by atoms with Gasteiger partial charge in [0.25, 0.3) is 0 Å². The van der Waals surface area contributed by atoms with Crippen LogP contribution in [0.5, 0.6) is 0 Å². The molecule has 1 nitrogen and oxygen atoms in total. The van der Waals surface area contributed by atoms with Crippen LogP contribution in [0.15, 0.2) is 0 Å². The summed E-state index contributed by atoms with van der Waals surface area (Å²) in [6, 6.07) is 0. The van der Waals surface area contributed by atoms with E-state index in [1.807, 2.05) is 18.7 Å². The van der Waals surface area contributed by atoms with E-state index in [0.29, 0.717) is 11.7 Å². The molecule has 1 unspecified atom stereocenters. The van der Waals surface area contributed by atoms with Gasteiger partial charge in [0.1, 0.15) is 5.78 Å². The van der Waals surface area contributed by atoms with Gasteiger partial charge in [-0.2, -0.15) is 11.8 Å². The van der Waals surface area contributed by atoms with Crippen molar-refractivity contribution in [3.63, 3.8) is 0 Å². The molecule has 0 aromatic rings. The molecule has 0 aliphatic carbocycles. The summed E-state index contributed by atoms with van der Waals surface area (Å²) in [5.41, 5.74) is 0. The van der Waals surface area contributed by atoms with Crippen LogP contribution in [0.4, 0.5) is 0 Å². The van der Waals surface area contributed by atoms with Crippen LogP contribution in [0.2, 0.25) is 0 Å². The Morgan fingerprint density at radius 1 is 1.75 bits per heavy atom. The summed E-state index contributed by atoms with van der Waals surface area (Å²) in [5.74, 6) is 2.86. The molecule has 1 heterocycles. The molecule has 1 saturated heterocycles. The van der Waals surface area contributed by atoms with Crippen molar-refractivity contribution in [2.24, 2.45) is 5.92 Å². The predicted octanol–water partition coefficient (Wildman–Crippen LogP) is 1.33. The molecule has 0 aromatic heterocycles. The number of rotatable bonds is 0. The van der Waals surface area contributed by atoms with Crippen molar-refractivity contribution < 1.29 is 4.79 Å². The maximum atomic E-state index is 10.8. The lowest BCUT2D eigenvalue weighted by atomic mass is 10.1. The molecular weight excluding hydrogens is 120 g/mol. The monoisotopic (exact) mass is 130 g/mol. The molecule has 0 radical (unpaired) electrons. The van der Waals surface area contributed by atoms with Gasteiger partial charge in [0.05, 0.1) is 0 Å². The van der Waals surface area contributed by atoms with Crippen LogP contribution in [0.3, 0.4) is 0 Å². The number of hydrogen-bond donors (Lipinski definition) is 0. The third kappa shape index (κ3) is 1.25. The van der Waals surface area contributed by atoms with E-state index in [1.165, 1.54) is 0 Å². The standard InChI is InChI=1S/C6H10OS/c1-5-4-8-3-2-6(5)7/h5H,2-4H2,1H3. The SMILES string of the molecule is CC1CSCCC1=O. The zero-order chi connectivity index (χ0) is 5.98. The Labute approximate surface area is 53.8 Å². The second-order valence-corrected chi connectivity index (χ2v) is 3.34. The van der Waals surface area contributed by atoms with E-state index >= 15 is 0 Å². The summed E-state index contributed by atoms with van der Waals surface area (Å²) < 4.78 is 0. The van der Waals surface area contributed by atoms with E-state index in [1.54, 1.807) is 0 Å². The average Bonchev–Trinajstić information content (AvgIpc) is 1.77. The van der Waals surface area contributed by atoms with E-state index in [9.17, 15) is 4.79 Å². The molecule has 1 fully saturated rings. The van der Waals surface area contributed by atoms with Gasteiger partial charge in [-0.3, -0.25) is 4.79 Å². The Balaban J connectivity index is 2.39. The zero-order valence-corrected chi connectivity index (χ0v) is 5.83. The zero-order valence-electron chi connectivity index (χ0n) is 5.02. The van der Waals surface area contributed by atoms with Crippen molar-refractivity contribution in [1.82, 2.24) is 0 Å². The largest absolute Gasteiger partial charge is 0.299 e. The topological polar surface area (TPSA) is 17.1 Å². The Kier molecular flexibility index (Phi) is 1.95. The highest BCUT2D eigenvalue weighted by molar-refractivity contribution is 7.99. The first-order valence-electron chi connectivity index (χ1n) is 2.91. The minimum Gasteiger partial charge on any atom is -0.299 e. The number of ketones is 1. The van der Waals surface area contributed by atoms with Crippen LogP contribution in [0, 0.1) is 5.92 Å². The van der Waals surface area contributed by atoms with E-state index in [-0.39, 0.29) is 0 Å². The fraction of sp³-hybridized carbons (Fsp3) is 0.833. The molecule has 8 heavy (non-hydrogen) atoms. The van der Waals surface area contributed by atoms with Crippen molar-refractivity contribution in [3.8, 4) is 0 Å². The minimum atomic E-state index is 0.328. The van der Waals surface area contributed by atoms with E-state index < -0.39 is 0 Å². The van der Waals surface area contributed by atoms with Gasteiger partial charge < -0.3 is 0 Å². The highest BCUT2D eigenvalue weighted by Crippen LogP contribution is 2.18. The Morgan fingerprint density at radius 2 is 2.50 bits per heavy atom. The second kappa shape index (κ2) is 2.53. The maximum absolute atomic E-state index is 10.8. The van der Waals surface area contributed by atoms with Gasteiger partial charge in [-0.25, -0.2) is 0 Å². The molecule has 1 aliphatic heterocycles. The lowest BCUT2D eigenvalue weighted by Crippen LogP contribution is -2.18. The quantitative estimate of drug-likeness (QED) is 0.492. The molecule has 0 bridgehead atoms. The number of hydrogen-bond acceptors (Lipinski definition) is 2. The van der Waals surface area contributed by atoms with E-state index in [4.69, 9.17) is 0 Å². The molecule has 46 valence electrons. The summed E-state index contributed by atoms with van der Waals surface area (Å²) in [5, 5.41) is 0. The Bertz CT molecular complexity index is 101. The lowest BCUT2D eigenvalue weighted by molar-refractivity contribution is -0.121. The van der Waals surface area contributed by atoms with Gasteiger partial charge in [0.2, 0.25) is 0 Å². The molecule has 1 atom stereocenters. The molecule has 0 aromatic carbocycles. The van der Waals surface area contributed by atoms with Crippen molar-refractivity contribution in [2.75, 3.05) is 11.5 Å². The third-order valence-corrected chi connectivity index (χ3v) is 2.64. The first kappa shape index (κ1) is 6.14. The molecule has 0 saturated carbocycles. The van der Waals surface area contributed by atoms with Crippen molar-refractivity contribution in [3.05, 3.63) is 0 Å². The highest BCUT2D eigenvalue weighted by Gasteiger charge is 2.16. The second-order valence-electron chi connectivity index (χ2n) is 2.19. The van der Waals surface area contributed by atoms with Crippen LogP contribution in [-0.4, -0.2) is 17.3 Å². The smallest absolute Gasteiger partial charge is 0.137 e. The summed E-state index contributed by atoms with van der Waals surface area (Å²) in [6.45, 7) is 2.01. The number of carbonyl (C=O) groups is 1. The molecule has 0 N–H and O–H groups in total. The van der Waals surface area contributed by atoms with Crippen molar-refractivity contribution >= 4 is 17.5 Å². The number of Topliss-reactive ketones (excluding diaryl/α,β-unsaturated/α-hetero) is 1. The van der Waals surface area contributed by atoms with E-state index in [0.717, 1.165) is 17.9 Å². The summed E-state index contributed by atoms with van der Waals surface area (Å²) >= 11 is 1.89. The highest BCUT2D eigenvalue weighted by atomic mass is 32.2. The van der Waals surface area contributed by atoms with Crippen molar-refractivity contribution in [1.29, 1.82) is 0 Å². The van der Waals surface area contributed by atoms with Gasteiger partial charge in [0.15, 0.2) is 0 Å². The average molecular weight is 130 g/mol. The van der Waals surface area contributed by atoms with Crippen LogP contribution in [0.1, 0.15) is 13.3 Å². The summed E-state index contributed by atoms with van der Waals surface area (Å²) in [7, 11) is 0. The summed E-state index contributed by atoms with van der Waals surface area (Å²) in [4.78, 5) is 10.8. The van der Waals surface area contributed by atoms with Crippen LogP contribution >= 0.6 is 11.8 Å². The number of carbonyl (C=O) groups excluding carboxylic acids is 1. The van der Waals surface area contributed by atoms with Gasteiger partial charge in [0, 0.05) is 23.8 Å². The molecule has 1 rings (SSSR count). The fourth-order valence-electron chi connectivity index (χ4n) is 0.772. The van der Waals surface area contributed by atoms with Crippen LogP contribution in [-0.2, 0) is 4.79 Å². The third-order valence-electron chi connectivity index (χ3n) is 1.41. The Morgan fingerprint density at radius 3 is 2.88 bits per heavy atom. The number of thioether (sulfide) groups is 1. The fourth-order valence-corrected chi connectivity index (χ4v) is 1.82. The molecule has 0 amide bonds. The molecular formula is C6H10OS. The van der Waals surface area contributed by atoms with Crippen LogP contribution < -0.4 is 0 Å². The normalized spacial score (nSPS) is 30.6. The van der Waals surface area contributed by atoms with Gasteiger partial charge in [-0.05, 0) is 0 Å². The molecule has 1 aliphatic rings. The maximum Gasteiger partial charge on any atom is 0.137 e. The summed E-state index contributed by atoms with van der Waals surface area (Å²) in [6.07, 6.45) is 0.797. The first-order chi connectivity index (χ1) is 3.80. The predicted molar refractivity (Wildman–Crippen MR) is 36.1 cm³/mol. The van der Waals surface area contributed by atoms with E-state index in [2.05, 4.69) is 0 Å². The molecule has 2 heteroatoms. The van der Waals surface area contributed by atoms with Crippen molar-refractivity contribution in [2.45, 2.75) is 13.3 Å². The minimum absolute atomic E-state index is 0.328. The Hall–Kier alpha value is 0.0200.